The first-order chi connectivity index (χ1) is 8.22. The van der Waals surface area contributed by atoms with Gasteiger partial charge >= 0.3 is 0 Å². The number of morpholine rings is 1. The molecule has 0 N–H and O–H groups in total. The molecular weight excluding hydrogens is 221 g/mol. The lowest BCUT2D eigenvalue weighted by Gasteiger charge is -2.26. The molecule has 3 nitrogen and oxygen atoms in total. The number of carbonyl (C=O) groups excluding carboxylic acids is 1. The number of hydrogen-bond acceptors (Lipinski definition) is 2. The molecule has 0 spiro atoms. The molecule has 1 aliphatic heterocycles. The van der Waals surface area contributed by atoms with Crippen LogP contribution in [0.1, 0.15) is 15.9 Å². The van der Waals surface area contributed by atoms with Gasteiger partial charge in [-0.15, -0.1) is 6.42 Å². The van der Waals surface area contributed by atoms with Gasteiger partial charge in [-0.2, -0.15) is 0 Å². The number of nitrogens with zero attached hydrogens (tertiary/aromatic N) is 1. The Bertz CT molecular complexity index is 473. The van der Waals surface area contributed by atoms with Gasteiger partial charge in [0.15, 0.2) is 0 Å². The van der Waals surface area contributed by atoms with Crippen LogP contribution in [0.3, 0.4) is 0 Å². The lowest BCUT2D eigenvalue weighted by atomic mass is 10.1. The number of hydrogen-bond donors (Lipinski definition) is 0. The summed E-state index contributed by atoms with van der Waals surface area (Å²) in [6.07, 6.45) is 5.12. The maximum Gasteiger partial charge on any atom is 0.254 e. The molecule has 1 aliphatic rings. The van der Waals surface area contributed by atoms with Gasteiger partial charge in [-0.3, -0.25) is 4.79 Å². The Labute approximate surface area is 99.2 Å². The first-order valence-corrected chi connectivity index (χ1v) is 5.35. The predicted octanol–water partition coefficient (Wildman–Crippen LogP) is 1.28. The molecule has 0 unspecified atom stereocenters. The summed E-state index contributed by atoms with van der Waals surface area (Å²) in [7, 11) is 0. The quantitative estimate of drug-likeness (QED) is 0.684. The fourth-order valence-electron chi connectivity index (χ4n) is 1.71. The monoisotopic (exact) mass is 233 g/mol. The minimum Gasteiger partial charge on any atom is -0.378 e. The summed E-state index contributed by atoms with van der Waals surface area (Å²) >= 11 is 0. The number of terminal acetylenes is 1. The Morgan fingerprint density at radius 3 is 2.71 bits per heavy atom. The van der Waals surface area contributed by atoms with Crippen molar-refractivity contribution in [3.05, 3.63) is 35.1 Å². The van der Waals surface area contributed by atoms with Crippen LogP contribution in [0.5, 0.6) is 0 Å². The molecule has 1 amide bonds. The first-order valence-electron chi connectivity index (χ1n) is 5.35. The van der Waals surface area contributed by atoms with Crippen LogP contribution in [0, 0.1) is 18.2 Å². The summed E-state index contributed by atoms with van der Waals surface area (Å²) in [5.74, 6) is 1.50. The Morgan fingerprint density at radius 2 is 2.12 bits per heavy atom. The maximum atomic E-state index is 13.4. The van der Waals surface area contributed by atoms with Gasteiger partial charge < -0.3 is 9.64 Å². The van der Waals surface area contributed by atoms with Crippen LogP contribution >= 0.6 is 0 Å². The van der Waals surface area contributed by atoms with Crippen LogP contribution in [0.2, 0.25) is 0 Å². The third-order valence-corrected chi connectivity index (χ3v) is 2.67. The van der Waals surface area contributed by atoms with E-state index in [2.05, 4.69) is 5.92 Å². The molecule has 0 atom stereocenters. The number of halogens is 1. The average molecular weight is 233 g/mol. The Balaban J connectivity index is 2.19. The van der Waals surface area contributed by atoms with E-state index >= 15 is 0 Å². The van der Waals surface area contributed by atoms with E-state index in [-0.39, 0.29) is 11.5 Å². The molecule has 1 saturated heterocycles. The molecule has 0 bridgehead atoms. The summed E-state index contributed by atoms with van der Waals surface area (Å²) in [5, 5.41) is 0. The van der Waals surface area contributed by atoms with Crippen molar-refractivity contribution in [2.75, 3.05) is 26.3 Å². The zero-order chi connectivity index (χ0) is 12.3. The zero-order valence-electron chi connectivity index (χ0n) is 9.28. The van der Waals surface area contributed by atoms with E-state index in [4.69, 9.17) is 11.2 Å². The Hall–Kier alpha value is -1.86. The minimum absolute atomic E-state index is 0.170. The van der Waals surface area contributed by atoms with Crippen LogP contribution in [-0.4, -0.2) is 37.1 Å². The third-order valence-electron chi connectivity index (χ3n) is 2.67. The van der Waals surface area contributed by atoms with Gasteiger partial charge in [-0.05, 0) is 18.2 Å². The molecule has 0 saturated carbocycles. The van der Waals surface area contributed by atoms with Crippen molar-refractivity contribution in [3.8, 4) is 12.3 Å². The molecule has 4 heteroatoms. The van der Waals surface area contributed by atoms with Crippen molar-refractivity contribution in [2.24, 2.45) is 0 Å². The lowest BCUT2D eigenvalue weighted by molar-refractivity contribution is 0.0302. The molecule has 0 aliphatic carbocycles. The second-order valence-corrected chi connectivity index (χ2v) is 3.74. The maximum absolute atomic E-state index is 13.4. The van der Waals surface area contributed by atoms with E-state index in [0.717, 1.165) is 0 Å². The number of carbonyl (C=O) groups is 1. The van der Waals surface area contributed by atoms with Gasteiger partial charge in [-0.25, -0.2) is 4.39 Å². The van der Waals surface area contributed by atoms with E-state index in [1.165, 1.54) is 12.1 Å². The number of amides is 1. The SMILES string of the molecule is C#Cc1ccc(C(=O)N2CCOCC2)cc1F. The minimum atomic E-state index is -0.536. The van der Waals surface area contributed by atoms with Gasteiger partial charge in [-0.1, -0.05) is 5.92 Å². The lowest BCUT2D eigenvalue weighted by Crippen LogP contribution is -2.40. The highest BCUT2D eigenvalue weighted by Crippen LogP contribution is 2.12. The zero-order valence-corrected chi connectivity index (χ0v) is 9.28. The van der Waals surface area contributed by atoms with Gasteiger partial charge in [0, 0.05) is 18.7 Å². The first kappa shape index (κ1) is 11.6. The fourth-order valence-corrected chi connectivity index (χ4v) is 1.71. The summed E-state index contributed by atoms with van der Waals surface area (Å²) in [6.45, 7) is 2.13. The topological polar surface area (TPSA) is 29.5 Å². The largest absolute Gasteiger partial charge is 0.378 e. The molecule has 1 aromatic carbocycles. The van der Waals surface area contributed by atoms with E-state index in [9.17, 15) is 9.18 Å². The second-order valence-electron chi connectivity index (χ2n) is 3.74. The molecule has 0 aromatic heterocycles. The van der Waals surface area contributed by atoms with Gasteiger partial charge in [0.1, 0.15) is 5.82 Å². The summed E-state index contributed by atoms with van der Waals surface area (Å²) in [5.41, 5.74) is 0.493. The average Bonchev–Trinajstić information content (AvgIpc) is 2.39. The van der Waals surface area contributed by atoms with Gasteiger partial charge in [0.05, 0.1) is 18.8 Å². The normalized spacial score (nSPS) is 15.4. The van der Waals surface area contributed by atoms with Crippen LogP contribution in [0.15, 0.2) is 18.2 Å². The predicted molar refractivity (Wildman–Crippen MR) is 61.1 cm³/mol. The molecule has 1 fully saturated rings. The highest BCUT2D eigenvalue weighted by atomic mass is 19.1. The van der Waals surface area contributed by atoms with Crippen molar-refractivity contribution in [1.29, 1.82) is 0 Å². The van der Waals surface area contributed by atoms with Gasteiger partial charge in [0.25, 0.3) is 5.91 Å². The van der Waals surface area contributed by atoms with E-state index in [1.807, 2.05) is 0 Å². The second kappa shape index (κ2) is 4.98. The van der Waals surface area contributed by atoms with Crippen LogP contribution in [-0.2, 0) is 4.74 Å². The number of benzene rings is 1. The molecular formula is C13H12FNO2. The molecule has 1 aromatic rings. The van der Waals surface area contributed by atoms with Crippen LogP contribution in [0.25, 0.3) is 0 Å². The van der Waals surface area contributed by atoms with Crippen LogP contribution < -0.4 is 0 Å². The number of rotatable bonds is 1. The molecule has 1 heterocycles. The third kappa shape index (κ3) is 2.45. The molecule has 0 radical (unpaired) electrons. The highest BCUT2D eigenvalue weighted by Gasteiger charge is 2.19. The van der Waals surface area contributed by atoms with Crippen molar-refractivity contribution in [2.45, 2.75) is 0 Å². The molecule has 2 rings (SSSR count). The summed E-state index contributed by atoms with van der Waals surface area (Å²) < 4.78 is 18.6. The van der Waals surface area contributed by atoms with Crippen molar-refractivity contribution < 1.29 is 13.9 Å². The summed E-state index contributed by atoms with van der Waals surface area (Å²) in [6, 6.07) is 4.19. The molecule has 88 valence electrons. The van der Waals surface area contributed by atoms with Crippen molar-refractivity contribution >= 4 is 5.91 Å². The van der Waals surface area contributed by atoms with Crippen LogP contribution in [0.4, 0.5) is 4.39 Å². The molecule has 17 heavy (non-hydrogen) atoms. The van der Waals surface area contributed by atoms with E-state index in [1.54, 1.807) is 11.0 Å². The smallest absolute Gasteiger partial charge is 0.254 e. The van der Waals surface area contributed by atoms with E-state index in [0.29, 0.717) is 31.9 Å². The van der Waals surface area contributed by atoms with Crippen molar-refractivity contribution in [1.82, 2.24) is 4.90 Å². The van der Waals surface area contributed by atoms with Gasteiger partial charge in [0.2, 0.25) is 0 Å². The summed E-state index contributed by atoms with van der Waals surface area (Å²) in [4.78, 5) is 13.7. The Morgan fingerprint density at radius 1 is 1.41 bits per heavy atom. The standard InChI is InChI=1S/C13H12FNO2/c1-2-10-3-4-11(9-12(10)14)13(16)15-5-7-17-8-6-15/h1,3-4,9H,5-8H2. The fraction of sp³-hybridized carbons (Fsp3) is 0.308. The Kier molecular flexibility index (Phi) is 3.40. The van der Waals surface area contributed by atoms with E-state index < -0.39 is 5.82 Å². The number of ether oxygens (including phenoxy) is 1. The van der Waals surface area contributed by atoms with Crippen molar-refractivity contribution in [3.63, 3.8) is 0 Å². The highest BCUT2D eigenvalue weighted by molar-refractivity contribution is 5.94.